The zero-order chi connectivity index (χ0) is 37.3. The number of aromatic nitrogens is 1. The summed E-state index contributed by atoms with van der Waals surface area (Å²) in [6.07, 6.45) is 9.26. The molecule has 4 unspecified atom stereocenters. The summed E-state index contributed by atoms with van der Waals surface area (Å²) in [6, 6.07) is 7.78. The maximum Gasteiger partial charge on any atom is 0.158 e. The van der Waals surface area contributed by atoms with E-state index in [-0.39, 0.29) is 36.8 Å². The van der Waals surface area contributed by atoms with E-state index in [9.17, 15) is 19.3 Å². The number of likely N-dealkylation sites (tertiary alicyclic amines) is 1. The first kappa shape index (κ1) is 37.9. The molecule has 8 rings (SSSR count). The second kappa shape index (κ2) is 16.0. The van der Waals surface area contributed by atoms with E-state index >= 15 is 4.39 Å². The minimum atomic E-state index is -0.633. The Morgan fingerprint density at radius 2 is 1.81 bits per heavy atom. The lowest BCUT2D eigenvalue weighted by Gasteiger charge is -2.29. The predicted octanol–water partition coefficient (Wildman–Crippen LogP) is 10.1. The van der Waals surface area contributed by atoms with Gasteiger partial charge in [0.1, 0.15) is 34.6 Å². The second-order valence-corrected chi connectivity index (χ2v) is 15.5. The highest BCUT2D eigenvalue weighted by atomic mass is 35.5. The van der Waals surface area contributed by atoms with Crippen molar-refractivity contribution in [2.24, 2.45) is 11.8 Å². The highest BCUT2D eigenvalue weighted by molar-refractivity contribution is 7.23. The van der Waals surface area contributed by atoms with Gasteiger partial charge in [0.25, 0.3) is 0 Å². The molecule has 11 heteroatoms. The largest absolute Gasteiger partial charge is 0.389 e. The molecule has 0 spiro atoms. The molecule has 4 aromatic rings. The summed E-state index contributed by atoms with van der Waals surface area (Å²) < 4.78 is 44.5. The first-order chi connectivity index (χ1) is 25.2. The molecule has 2 N–H and O–H groups in total. The van der Waals surface area contributed by atoms with E-state index in [1.54, 1.807) is 0 Å². The summed E-state index contributed by atoms with van der Waals surface area (Å²) in [4.78, 5) is 9.24. The Labute approximate surface area is 313 Å². The van der Waals surface area contributed by atoms with Gasteiger partial charge in [0, 0.05) is 42.0 Å². The summed E-state index contributed by atoms with van der Waals surface area (Å²) in [6.45, 7) is 13.6. The van der Waals surface area contributed by atoms with Gasteiger partial charge in [0.05, 0.1) is 26.5 Å². The average molecular weight is 747 g/mol. The van der Waals surface area contributed by atoms with Crippen LogP contribution in [0.15, 0.2) is 24.9 Å². The third-order valence-electron chi connectivity index (χ3n) is 11.3. The number of hydrogen-bond acceptors (Lipinski definition) is 7. The topological polar surface area (TPSA) is 93.0 Å². The van der Waals surface area contributed by atoms with Crippen LogP contribution in [-0.2, 0) is 19.3 Å². The van der Waals surface area contributed by atoms with Crippen LogP contribution >= 0.6 is 22.9 Å². The maximum absolute atomic E-state index is 16.8. The SMILES string of the molecule is C=CN1CCC(C2CCCc3c(Cl)c(-c4ccc(F)c5sc(N)c(C#N)c45)c(F)c4nc(CC)c(C#N)c(c34)C2)C1.CC.FC1CC2CCCN2C1. The fourth-order valence-corrected chi connectivity index (χ4v) is 10.2. The standard InChI is InChI=1S/C32H28ClF2N5S.C7H12FN.C2H6/c1-3-24-21(13-36)20-12-16(17-10-11-40(4-2)15-17)6-5-7-19-25(20)30(39-24)29(35)27(28(19)33)18-8-9-23(34)31-26(18)22(14-37)32(38)41-31;8-6-4-7-2-1-3-9(7)5-6;1-2/h4,8-9,16-17H,2-3,5-7,10-12,15,38H2,1H3;6-7H,1-5H2;1-2H3. The molecule has 52 heavy (non-hydrogen) atoms. The highest BCUT2D eigenvalue weighted by Gasteiger charge is 2.36. The van der Waals surface area contributed by atoms with Crippen molar-refractivity contribution in [3.63, 3.8) is 0 Å². The summed E-state index contributed by atoms with van der Waals surface area (Å²) in [7, 11) is 0. The second-order valence-electron chi connectivity index (χ2n) is 14.0. The molecular formula is C41H46ClF3N6S. The van der Waals surface area contributed by atoms with Crippen LogP contribution in [0.4, 0.5) is 18.2 Å². The van der Waals surface area contributed by atoms with Gasteiger partial charge >= 0.3 is 0 Å². The number of hydrogen-bond donors (Lipinski definition) is 1. The number of thiophene rings is 1. The summed E-state index contributed by atoms with van der Waals surface area (Å²) in [5.41, 5.74) is 9.38. The number of nitrogens with two attached hydrogens (primary N) is 1. The number of aryl methyl sites for hydroxylation is 2. The molecular weight excluding hydrogens is 701 g/mol. The van der Waals surface area contributed by atoms with E-state index in [1.165, 1.54) is 25.0 Å². The van der Waals surface area contributed by atoms with Crippen LogP contribution in [0.5, 0.6) is 0 Å². The smallest absolute Gasteiger partial charge is 0.158 e. The summed E-state index contributed by atoms with van der Waals surface area (Å²) in [5.74, 6) is -0.378. The summed E-state index contributed by atoms with van der Waals surface area (Å²) in [5, 5.41) is 21.4. The van der Waals surface area contributed by atoms with Crippen molar-refractivity contribution < 1.29 is 13.2 Å². The van der Waals surface area contributed by atoms with Crippen LogP contribution in [0.1, 0.15) is 87.2 Å². The quantitative estimate of drug-likeness (QED) is 0.224. The molecule has 3 aliphatic heterocycles. The molecule has 2 aromatic heterocycles. The molecule has 4 aliphatic rings. The van der Waals surface area contributed by atoms with Crippen molar-refractivity contribution in [1.29, 1.82) is 10.5 Å². The number of fused-ring (bicyclic) bond motifs is 2. The van der Waals surface area contributed by atoms with E-state index in [1.807, 2.05) is 27.0 Å². The first-order valence-electron chi connectivity index (χ1n) is 18.6. The molecule has 274 valence electrons. The van der Waals surface area contributed by atoms with Gasteiger partial charge < -0.3 is 10.6 Å². The normalized spacial score (nSPS) is 22.4. The van der Waals surface area contributed by atoms with Gasteiger partial charge in [0.15, 0.2) is 5.82 Å². The van der Waals surface area contributed by atoms with Gasteiger partial charge in [-0.25, -0.2) is 18.2 Å². The average Bonchev–Trinajstić information content (AvgIpc) is 3.93. The molecule has 2 aromatic carbocycles. The van der Waals surface area contributed by atoms with Gasteiger partial charge in [0.2, 0.25) is 0 Å². The van der Waals surface area contributed by atoms with Gasteiger partial charge in [-0.3, -0.25) is 4.90 Å². The molecule has 5 heterocycles. The number of pyridine rings is 1. The molecule has 3 fully saturated rings. The number of alkyl halides is 1. The van der Waals surface area contributed by atoms with Crippen molar-refractivity contribution in [3.8, 4) is 23.3 Å². The lowest BCUT2D eigenvalue weighted by atomic mass is 9.77. The van der Waals surface area contributed by atoms with Gasteiger partial charge in [-0.05, 0) is 105 Å². The Kier molecular flexibility index (Phi) is 11.7. The lowest BCUT2D eigenvalue weighted by molar-refractivity contribution is 0.292. The lowest BCUT2D eigenvalue weighted by Crippen LogP contribution is -2.23. The molecule has 0 saturated carbocycles. The van der Waals surface area contributed by atoms with Crippen LogP contribution < -0.4 is 5.73 Å². The van der Waals surface area contributed by atoms with Crippen LogP contribution in [0.25, 0.3) is 32.1 Å². The molecule has 6 nitrogen and oxygen atoms in total. The van der Waals surface area contributed by atoms with Crippen LogP contribution in [0, 0.1) is 46.1 Å². The van der Waals surface area contributed by atoms with Crippen LogP contribution in [-0.4, -0.2) is 53.2 Å². The van der Waals surface area contributed by atoms with E-state index < -0.39 is 17.8 Å². The molecule has 0 bridgehead atoms. The fraction of sp³-hybridized carbons (Fsp3) is 0.488. The number of nitrogens with zero attached hydrogens (tertiary/aromatic N) is 5. The molecule has 0 radical (unpaired) electrons. The number of nitrogen functional groups attached to an aromatic ring is 1. The van der Waals surface area contributed by atoms with E-state index in [0.29, 0.717) is 65.9 Å². The summed E-state index contributed by atoms with van der Waals surface area (Å²) >= 11 is 8.06. The minimum absolute atomic E-state index is 0.0909. The van der Waals surface area contributed by atoms with Crippen molar-refractivity contribution in [2.75, 3.05) is 31.9 Å². The van der Waals surface area contributed by atoms with Crippen LogP contribution in [0.3, 0.4) is 0 Å². The predicted molar refractivity (Wildman–Crippen MR) is 206 cm³/mol. The van der Waals surface area contributed by atoms with Crippen molar-refractivity contribution >= 4 is 48.9 Å². The van der Waals surface area contributed by atoms with Gasteiger partial charge in [-0.2, -0.15) is 10.5 Å². The molecule has 3 saturated heterocycles. The fourth-order valence-electron chi connectivity index (χ4n) is 8.92. The van der Waals surface area contributed by atoms with Crippen molar-refractivity contribution in [2.45, 2.75) is 90.8 Å². The number of anilines is 1. The molecule has 0 amide bonds. The minimum Gasteiger partial charge on any atom is -0.389 e. The van der Waals surface area contributed by atoms with Crippen LogP contribution in [0.2, 0.25) is 5.02 Å². The molecule has 4 atom stereocenters. The number of nitriles is 2. The van der Waals surface area contributed by atoms with Crippen molar-refractivity contribution in [3.05, 3.63) is 69.5 Å². The number of rotatable bonds is 4. The third-order valence-corrected chi connectivity index (χ3v) is 12.8. The maximum atomic E-state index is 16.8. The number of halogens is 4. The Morgan fingerprint density at radius 3 is 2.48 bits per heavy atom. The Balaban J connectivity index is 0.000000361. The van der Waals surface area contributed by atoms with Crippen molar-refractivity contribution in [1.82, 2.24) is 14.8 Å². The highest BCUT2D eigenvalue weighted by Crippen LogP contribution is 2.48. The Hall–Kier alpha value is -3.83. The third kappa shape index (κ3) is 6.75. The first-order valence-corrected chi connectivity index (χ1v) is 19.8. The van der Waals surface area contributed by atoms with Gasteiger partial charge in [-0.15, -0.1) is 11.3 Å². The van der Waals surface area contributed by atoms with E-state index in [0.717, 1.165) is 67.8 Å². The number of benzene rings is 2. The monoisotopic (exact) mass is 746 g/mol. The zero-order valence-electron chi connectivity index (χ0n) is 30.2. The van der Waals surface area contributed by atoms with E-state index in [4.69, 9.17) is 22.3 Å². The van der Waals surface area contributed by atoms with Gasteiger partial charge in [-0.1, -0.05) is 45.0 Å². The zero-order valence-corrected chi connectivity index (χ0v) is 31.7. The Morgan fingerprint density at radius 1 is 1.04 bits per heavy atom. The van der Waals surface area contributed by atoms with E-state index in [2.05, 4.69) is 28.5 Å². The molecule has 1 aliphatic carbocycles. The Bertz CT molecular complexity index is 2070.